The zero-order valence-corrected chi connectivity index (χ0v) is 12.6. The van der Waals surface area contributed by atoms with Crippen molar-refractivity contribution in [3.05, 3.63) is 57.8 Å². The molecule has 2 rings (SSSR count). The van der Waals surface area contributed by atoms with Gasteiger partial charge >= 0.3 is 0 Å². The fraction of sp³-hybridized carbons (Fsp3) is 0. The summed E-state index contributed by atoms with van der Waals surface area (Å²) in [4.78, 5) is 0.00863. The summed E-state index contributed by atoms with van der Waals surface area (Å²) >= 11 is 8.92. The highest BCUT2D eigenvalue weighted by Gasteiger charge is 2.20. The summed E-state index contributed by atoms with van der Waals surface area (Å²) in [6.45, 7) is 0. The average molecular weight is 365 g/mol. The summed E-state index contributed by atoms with van der Waals surface area (Å²) in [7, 11) is -3.91. The van der Waals surface area contributed by atoms with E-state index >= 15 is 0 Å². The quantitative estimate of drug-likeness (QED) is 0.893. The minimum absolute atomic E-state index is 0.00405. The van der Waals surface area contributed by atoms with E-state index in [0.29, 0.717) is 4.47 Å². The molecule has 0 heterocycles. The molecule has 1 N–H and O–H groups in total. The Hall–Kier alpha value is -1.11. The molecule has 0 radical (unpaired) electrons. The molecule has 2 aromatic rings. The first-order valence-electron chi connectivity index (χ1n) is 5.13. The first kappa shape index (κ1) is 14.3. The maximum atomic E-state index is 13.6. The Kier molecular flexibility index (Phi) is 4.13. The van der Waals surface area contributed by atoms with Gasteiger partial charge in [-0.1, -0.05) is 29.8 Å². The Morgan fingerprint density at radius 2 is 1.79 bits per heavy atom. The van der Waals surface area contributed by atoms with E-state index in [2.05, 4.69) is 20.7 Å². The number of anilines is 1. The van der Waals surface area contributed by atoms with Gasteiger partial charge in [0.25, 0.3) is 10.0 Å². The molecule has 2 aromatic carbocycles. The lowest BCUT2D eigenvalue weighted by Crippen LogP contribution is -2.14. The molecule has 0 saturated heterocycles. The maximum Gasteiger partial charge on any atom is 0.263 e. The van der Waals surface area contributed by atoms with Gasteiger partial charge in [0, 0.05) is 4.47 Å². The van der Waals surface area contributed by atoms with E-state index in [4.69, 9.17) is 11.6 Å². The van der Waals surface area contributed by atoms with E-state index in [1.165, 1.54) is 18.2 Å². The van der Waals surface area contributed by atoms with Crippen molar-refractivity contribution in [3.8, 4) is 0 Å². The van der Waals surface area contributed by atoms with Gasteiger partial charge in [0.05, 0.1) is 5.02 Å². The highest BCUT2D eigenvalue weighted by atomic mass is 79.9. The molecule has 0 aliphatic carbocycles. The third kappa shape index (κ3) is 3.08. The lowest BCUT2D eigenvalue weighted by atomic mass is 10.3. The van der Waals surface area contributed by atoms with Gasteiger partial charge < -0.3 is 0 Å². The zero-order chi connectivity index (χ0) is 14.0. The fourth-order valence-corrected chi connectivity index (χ4v) is 3.81. The zero-order valence-electron chi connectivity index (χ0n) is 9.40. The van der Waals surface area contributed by atoms with E-state index in [1.54, 1.807) is 18.2 Å². The Morgan fingerprint density at radius 3 is 2.42 bits per heavy atom. The van der Waals surface area contributed by atoms with Gasteiger partial charge in [-0.25, -0.2) is 12.8 Å². The third-order valence-electron chi connectivity index (χ3n) is 2.33. The van der Waals surface area contributed by atoms with Crippen LogP contribution in [0.2, 0.25) is 5.02 Å². The molecule has 0 aromatic heterocycles. The minimum Gasteiger partial charge on any atom is -0.275 e. The van der Waals surface area contributed by atoms with Gasteiger partial charge in [-0.15, -0.1) is 0 Å². The number of rotatable bonds is 3. The van der Waals surface area contributed by atoms with Crippen LogP contribution >= 0.6 is 27.5 Å². The van der Waals surface area contributed by atoms with E-state index < -0.39 is 15.8 Å². The lowest BCUT2D eigenvalue weighted by molar-refractivity contribution is 0.598. The van der Waals surface area contributed by atoms with Crippen LogP contribution in [-0.2, 0) is 10.0 Å². The van der Waals surface area contributed by atoms with Crippen LogP contribution in [0.4, 0.5) is 10.1 Å². The SMILES string of the molecule is O=S(=O)(Nc1c(F)cccc1Cl)c1ccccc1Br. The van der Waals surface area contributed by atoms with Crippen molar-refractivity contribution >= 4 is 43.2 Å². The number of benzene rings is 2. The van der Waals surface area contributed by atoms with Gasteiger partial charge in [0.2, 0.25) is 0 Å². The molecule has 0 aliphatic rings. The third-order valence-corrected chi connectivity index (χ3v) is 5.00. The predicted octanol–water partition coefficient (Wildman–Crippen LogP) is 4.04. The molecule has 0 atom stereocenters. The number of halogens is 3. The minimum atomic E-state index is -3.91. The van der Waals surface area contributed by atoms with Crippen LogP contribution in [0.15, 0.2) is 51.8 Å². The molecule has 0 bridgehead atoms. The molecule has 7 heteroatoms. The fourth-order valence-electron chi connectivity index (χ4n) is 1.45. The van der Waals surface area contributed by atoms with Crippen LogP contribution in [-0.4, -0.2) is 8.42 Å². The highest BCUT2D eigenvalue weighted by Crippen LogP contribution is 2.29. The van der Waals surface area contributed by atoms with Crippen LogP contribution in [0.25, 0.3) is 0 Å². The lowest BCUT2D eigenvalue weighted by Gasteiger charge is -2.11. The molecule has 0 aliphatic heterocycles. The molecule has 0 spiro atoms. The Bertz CT molecular complexity index is 701. The number of hydrogen-bond acceptors (Lipinski definition) is 2. The average Bonchev–Trinajstić information content (AvgIpc) is 2.34. The Balaban J connectivity index is 2.46. The van der Waals surface area contributed by atoms with Crippen molar-refractivity contribution in [2.24, 2.45) is 0 Å². The molecule has 0 unspecified atom stereocenters. The van der Waals surface area contributed by atoms with Gasteiger partial charge in [-0.05, 0) is 40.2 Å². The van der Waals surface area contributed by atoms with Crippen LogP contribution in [0.5, 0.6) is 0 Å². The maximum absolute atomic E-state index is 13.6. The van der Waals surface area contributed by atoms with Crippen molar-refractivity contribution in [1.82, 2.24) is 0 Å². The molecule has 0 saturated carbocycles. The van der Waals surface area contributed by atoms with E-state index in [9.17, 15) is 12.8 Å². The molecular formula is C12H8BrClFNO2S. The molecule has 100 valence electrons. The first-order chi connectivity index (χ1) is 8.92. The van der Waals surface area contributed by atoms with E-state index in [0.717, 1.165) is 6.07 Å². The number of nitrogens with one attached hydrogen (secondary N) is 1. The Morgan fingerprint density at radius 1 is 1.11 bits per heavy atom. The molecular weight excluding hydrogens is 357 g/mol. The largest absolute Gasteiger partial charge is 0.275 e. The summed E-state index contributed by atoms with van der Waals surface area (Å²) in [5.41, 5.74) is -0.264. The number of sulfonamides is 1. The van der Waals surface area contributed by atoms with E-state index in [-0.39, 0.29) is 15.6 Å². The summed E-state index contributed by atoms with van der Waals surface area (Å²) in [6, 6.07) is 10.2. The molecule has 0 fully saturated rings. The van der Waals surface area contributed by atoms with Crippen molar-refractivity contribution in [1.29, 1.82) is 0 Å². The van der Waals surface area contributed by atoms with Crippen molar-refractivity contribution in [2.45, 2.75) is 4.90 Å². The number of hydrogen-bond donors (Lipinski definition) is 1. The van der Waals surface area contributed by atoms with Crippen LogP contribution in [0.1, 0.15) is 0 Å². The van der Waals surface area contributed by atoms with Crippen molar-refractivity contribution < 1.29 is 12.8 Å². The normalized spacial score (nSPS) is 11.3. The first-order valence-corrected chi connectivity index (χ1v) is 7.78. The van der Waals surface area contributed by atoms with Crippen molar-refractivity contribution in [2.75, 3.05) is 4.72 Å². The summed E-state index contributed by atoms with van der Waals surface area (Å²) in [5.74, 6) is -0.733. The molecule has 0 amide bonds. The molecule has 3 nitrogen and oxygen atoms in total. The van der Waals surface area contributed by atoms with Crippen LogP contribution in [0, 0.1) is 5.82 Å². The standard InChI is InChI=1S/C12H8BrClFNO2S/c13-8-4-1-2-7-11(8)19(17,18)16-12-9(14)5-3-6-10(12)15/h1-7,16H. The smallest absolute Gasteiger partial charge is 0.263 e. The summed E-state index contributed by atoms with van der Waals surface area (Å²) < 4.78 is 40.4. The van der Waals surface area contributed by atoms with Crippen LogP contribution in [0.3, 0.4) is 0 Å². The van der Waals surface area contributed by atoms with Gasteiger partial charge in [0.15, 0.2) is 0 Å². The van der Waals surface area contributed by atoms with Crippen LogP contribution < -0.4 is 4.72 Å². The second kappa shape index (κ2) is 5.48. The van der Waals surface area contributed by atoms with Gasteiger partial charge in [0.1, 0.15) is 16.4 Å². The monoisotopic (exact) mass is 363 g/mol. The second-order valence-corrected chi connectivity index (χ2v) is 6.54. The van der Waals surface area contributed by atoms with Gasteiger partial charge in [-0.3, -0.25) is 4.72 Å². The second-order valence-electron chi connectivity index (χ2n) is 3.63. The van der Waals surface area contributed by atoms with Crippen molar-refractivity contribution in [3.63, 3.8) is 0 Å². The molecule has 19 heavy (non-hydrogen) atoms. The summed E-state index contributed by atoms with van der Waals surface area (Å²) in [6.07, 6.45) is 0. The summed E-state index contributed by atoms with van der Waals surface area (Å²) in [5, 5.41) is -0.00405. The number of para-hydroxylation sites is 1. The predicted molar refractivity (Wildman–Crippen MR) is 76.4 cm³/mol. The van der Waals surface area contributed by atoms with E-state index in [1.807, 2.05) is 0 Å². The topological polar surface area (TPSA) is 46.2 Å². The Labute approximate surface area is 123 Å². The highest BCUT2D eigenvalue weighted by molar-refractivity contribution is 9.10. The van der Waals surface area contributed by atoms with Gasteiger partial charge in [-0.2, -0.15) is 0 Å².